The average Bonchev–Trinajstić information content (AvgIpc) is 3.05. The molecule has 132 valence electrons. The Morgan fingerprint density at radius 1 is 1.16 bits per heavy atom. The molecular formula is C20H23NO3S. The number of ether oxygens (including phenoxy) is 1. The number of thiophene rings is 1. The molecule has 1 amide bonds. The molecule has 4 nitrogen and oxygen atoms in total. The van der Waals surface area contributed by atoms with Crippen molar-refractivity contribution in [2.45, 2.75) is 39.2 Å². The molecule has 1 heterocycles. The summed E-state index contributed by atoms with van der Waals surface area (Å²) in [4.78, 5) is 27.9. The first-order chi connectivity index (χ1) is 12.0. The van der Waals surface area contributed by atoms with Crippen LogP contribution in [0.4, 0.5) is 0 Å². The van der Waals surface area contributed by atoms with Gasteiger partial charge in [0, 0.05) is 18.5 Å². The molecular weight excluding hydrogens is 334 g/mol. The molecule has 0 unspecified atom stereocenters. The molecule has 0 N–H and O–H groups in total. The summed E-state index contributed by atoms with van der Waals surface area (Å²) in [6, 6.07) is 9.98. The van der Waals surface area contributed by atoms with E-state index in [1.165, 1.54) is 40.2 Å². The molecule has 0 radical (unpaired) electrons. The van der Waals surface area contributed by atoms with Crippen LogP contribution in [0.5, 0.6) is 0 Å². The molecule has 3 rings (SSSR count). The van der Waals surface area contributed by atoms with Crippen molar-refractivity contribution >= 4 is 23.2 Å². The Morgan fingerprint density at radius 3 is 2.60 bits per heavy atom. The van der Waals surface area contributed by atoms with Crippen LogP contribution in [0.2, 0.25) is 0 Å². The molecule has 0 bridgehead atoms. The topological polar surface area (TPSA) is 46.6 Å². The molecule has 1 aromatic carbocycles. The summed E-state index contributed by atoms with van der Waals surface area (Å²) < 4.78 is 5.23. The maximum Gasteiger partial charge on any atom is 0.348 e. The molecule has 1 aliphatic carbocycles. The van der Waals surface area contributed by atoms with Crippen LogP contribution in [0.1, 0.15) is 44.1 Å². The summed E-state index contributed by atoms with van der Waals surface area (Å²) in [6.07, 6.45) is 4.45. The zero-order valence-electron chi connectivity index (χ0n) is 14.7. The van der Waals surface area contributed by atoms with Crippen LogP contribution in [0, 0.1) is 6.92 Å². The fraction of sp³-hybridized carbons (Fsp3) is 0.400. The number of benzene rings is 1. The minimum Gasteiger partial charge on any atom is -0.451 e. The summed E-state index contributed by atoms with van der Waals surface area (Å²) in [7, 11) is 1.72. The lowest BCUT2D eigenvalue weighted by atomic mass is 9.99. The highest BCUT2D eigenvalue weighted by molar-refractivity contribution is 7.14. The van der Waals surface area contributed by atoms with Crippen molar-refractivity contribution in [2.75, 3.05) is 13.7 Å². The highest BCUT2D eigenvalue weighted by atomic mass is 32.1. The minimum absolute atomic E-state index is 0.199. The number of aryl methyl sites for hydroxylation is 3. The van der Waals surface area contributed by atoms with Gasteiger partial charge in [0.25, 0.3) is 5.91 Å². The molecule has 2 aromatic rings. The molecule has 0 saturated carbocycles. The average molecular weight is 357 g/mol. The Balaban J connectivity index is 1.51. The normalized spacial score (nSPS) is 13.2. The fourth-order valence-electron chi connectivity index (χ4n) is 2.96. The number of nitrogens with zero attached hydrogens (tertiary/aromatic N) is 1. The van der Waals surface area contributed by atoms with Gasteiger partial charge < -0.3 is 9.64 Å². The predicted molar refractivity (Wildman–Crippen MR) is 98.9 cm³/mol. The first-order valence-electron chi connectivity index (χ1n) is 8.61. The van der Waals surface area contributed by atoms with E-state index in [4.69, 9.17) is 4.74 Å². The van der Waals surface area contributed by atoms with E-state index < -0.39 is 5.97 Å². The van der Waals surface area contributed by atoms with Gasteiger partial charge in [-0.05, 0) is 49.8 Å². The summed E-state index contributed by atoms with van der Waals surface area (Å²) in [5.41, 5.74) is 3.51. The number of rotatable bonds is 5. The van der Waals surface area contributed by atoms with Gasteiger partial charge >= 0.3 is 5.97 Å². The van der Waals surface area contributed by atoms with Gasteiger partial charge in [-0.15, -0.1) is 11.3 Å². The number of esters is 1. The highest BCUT2D eigenvalue weighted by Gasteiger charge is 2.19. The van der Waals surface area contributed by atoms with Gasteiger partial charge in [0.1, 0.15) is 4.88 Å². The molecule has 0 fully saturated rings. The van der Waals surface area contributed by atoms with E-state index in [1.54, 1.807) is 11.9 Å². The number of amides is 1. The molecule has 0 saturated heterocycles. The number of carbonyl (C=O) groups is 2. The lowest BCUT2D eigenvalue weighted by molar-refractivity contribution is -0.133. The molecule has 1 aromatic heterocycles. The van der Waals surface area contributed by atoms with Gasteiger partial charge in [-0.3, -0.25) is 4.79 Å². The lowest BCUT2D eigenvalue weighted by Gasteiger charge is -2.17. The third-order valence-electron chi connectivity index (χ3n) is 4.49. The van der Waals surface area contributed by atoms with Crippen molar-refractivity contribution in [3.63, 3.8) is 0 Å². The lowest BCUT2D eigenvalue weighted by Crippen LogP contribution is -2.30. The fourth-order valence-corrected chi connectivity index (χ4v) is 4.10. The largest absolute Gasteiger partial charge is 0.451 e. The van der Waals surface area contributed by atoms with Gasteiger partial charge in [-0.1, -0.05) is 29.8 Å². The van der Waals surface area contributed by atoms with Crippen LogP contribution in [-0.2, 0) is 28.9 Å². The number of fused-ring (bicyclic) bond motifs is 1. The standard InChI is InChI=1S/C20H23NO3S/c1-14-7-9-15(10-8-14)12-21(2)19(22)13-24-20(23)18-11-16-5-3-4-6-17(16)25-18/h7-11H,3-6,12-13H2,1-2H3. The van der Waals surface area contributed by atoms with Crippen LogP contribution in [-0.4, -0.2) is 30.4 Å². The van der Waals surface area contributed by atoms with E-state index in [0.29, 0.717) is 11.4 Å². The summed E-state index contributed by atoms with van der Waals surface area (Å²) in [5, 5.41) is 0. The van der Waals surface area contributed by atoms with Crippen molar-refractivity contribution in [2.24, 2.45) is 0 Å². The van der Waals surface area contributed by atoms with Crippen LogP contribution in [0.15, 0.2) is 30.3 Å². The van der Waals surface area contributed by atoms with E-state index in [2.05, 4.69) is 0 Å². The van der Waals surface area contributed by atoms with Crippen LogP contribution < -0.4 is 0 Å². The summed E-state index contributed by atoms with van der Waals surface area (Å²) >= 11 is 1.51. The first kappa shape index (κ1) is 17.7. The smallest absolute Gasteiger partial charge is 0.348 e. The predicted octanol–water partition coefficient (Wildman–Crippen LogP) is 3.75. The number of carbonyl (C=O) groups excluding carboxylic acids is 2. The van der Waals surface area contributed by atoms with Crippen molar-refractivity contribution in [1.29, 1.82) is 0 Å². The van der Waals surface area contributed by atoms with Crippen molar-refractivity contribution in [3.8, 4) is 0 Å². The maximum atomic E-state index is 12.2. The van der Waals surface area contributed by atoms with Crippen molar-refractivity contribution < 1.29 is 14.3 Å². The molecule has 25 heavy (non-hydrogen) atoms. The van der Waals surface area contributed by atoms with E-state index in [0.717, 1.165) is 18.4 Å². The van der Waals surface area contributed by atoms with Crippen LogP contribution in [0.25, 0.3) is 0 Å². The van der Waals surface area contributed by atoms with Gasteiger partial charge in [0.05, 0.1) is 0 Å². The summed E-state index contributed by atoms with van der Waals surface area (Å²) in [6.45, 7) is 2.31. The molecule has 0 spiro atoms. The Kier molecular flexibility index (Phi) is 5.53. The van der Waals surface area contributed by atoms with E-state index in [9.17, 15) is 9.59 Å². The van der Waals surface area contributed by atoms with Crippen molar-refractivity contribution in [3.05, 3.63) is 56.8 Å². The third-order valence-corrected chi connectivity index (χ3v) is 5.71. The van der Waals surface area contributed by atoms with Gasteiger partial charge in [-0.2, -0.15) is 0 Å². The van der Waals surface area contributed by atoms with Crippen LogP contribution >= 0.6 is 11.3 Å². The second kappa shape index (κ2) is 7.83. The molecule has 1 aliphatic rings. The zero-order chi connectivity index (χ0) is 17.8. The van der Waals surface area contributed by atoms with Crippen molar-refractivity contribution in [1.82, 2.24) is 4.90 Å². The maximum absolute atomic E-state index is 12.2. The minimum atomic E-state index is -0.392. The molecule has 5 heteroatoms. The van der Waals surface area contributed by atoms with E-state index >= 15 is 0 Å². The Bertz CT molecular complexity index is 740. The van der Waals surface area contributed by atoms with Crippen LogP contribution in [0.3, 0.4) is 0 Å². The number of hydrogen-bond donors (Lipinski definition) is 0. The quantitative estimate of drug-likeness (QED) is 0.766. The second-order valence-corrected chi connectivity index (χ2v) is 7.71. The zero-order valence-corrected chi connectivity index (χ0v) is 15.5. The SMILES string of the molecule is Cc1ccc(CN(C)C(=O)COC(=O)c2cc3c(s2)CCCC3)cc1. The Morgan fingerprint density at radius 2 is 1.88 bits per heavy atom. The summed E-state index contributed by atoms with van der Waals surface area (Å²) in [5.74, 6) is -0.591. The molecule has 0 aliphatic heterocycles. The monoisotopic (exact) mass is 357 g/mol. The third kappa shape index (κ3) is 4.48. The molecule has 0 atom stereocenters. The van der Waals surface area contributed by atoms with Gasteiger partial charge in [-0.25, -0.2) is 4.79 Å². The first-order valence-corrected chi connectivity index (χ1v) is 9.43. The Labute approximate surface area is 152 Å². The Hall–Kier alpha value is -2.14. The van der Waals surface area contributed by atoms with E-state index in [-0.39, 0.29) is 12.5 Å². The second-order valence-electron chi connectivity index (χ2n) is 6.58. The number of likely N-dealkylation sites (N-methyl/N-ethyl adjacent to an activating group) is 1. The van der Waals surface area contributed by atoms with E-state index in [1.807, 2.05) is 37.3 Å². The highest BCUT2D eigenvalue weighted by Crippen LogP contribution is 2.30. The van der Waals surface area contributed by atoms with Gasteiger partial charge in [0.2, 0.25) is 0 Å². The van der Waals surface area contributed by atoms with Gasteiger partial charge in [0.15, 0.2) is 6.61 Å². The number of hydrogen-bond acceptors (Lipinski definition) is 4.